The number of fused-ring (bicyclic) bond motifs is 6. The maximum Gasteiger partial charge on any atom is 0.293 e. The van der Waals surface area contributed by atoms with Crippen LogP contribution in [0.15, 0.2) is 164 Å². The summed E-state index contributed by atoms with van der Waals surface area (Å²) in [5, 5.41) is 15.5. The van der Waals surface area contributed by atoms with Crippen molar-refractivity contribution in [2.24, 2.45) is 0 Å². The molecule has 0 bridgehead atoms. The van der Waals surface area contributed by atoms with Crippen LogP contribution in [0.5, 0.6) is 0 Å². The molecule has 0 fully saturated rings. The molecule has 9 heteroatoms. The van der Waals surface area contributed by atoms with Gasteiger partial charge in [0.1, 0.15) is 18.3 Å². The number of aryl methyl sites for hydroxylation is 3. The number of benzene rings is 9. The van der Waals surface area contributed by atoms with Gasteiger partial charge < -0.3 is 28.4 Å². The molecule has 0 amide bonds. The monoisotopic (exact) mass is 1170 g/mol. The fourth-order valence-electron chi connectivity index (χ4n) is 12.8. The summed E-state index contributed by atoms with van der Waals surface area (Å²) < 4.78 is 36.5. The predicted octanol–water partition coefficient (Wildman–Crippen LogP) is 19.6. The Labute approximate surface area is 516 Å². The maximum absolute atomic E-state index is 11.9. The molecule has 87 heavy (non-hydrogen) atoms. The Morgan fingerprint density at radius 1 is 0.310 bits per heavy atom. The van der Waals surface area contributed by atoms with E-state index in [9.17, 15) is 14.4 Å². The largest absolute Gasteiger partial charge is 0.462 e. The molecule has 0 spiro atoms. The van der Waals surface area contributed by atoms with E-state index >= 15 is 0 Å². The minimum atomic E-state index is -1.58. The van der Waals surface area contributed by atoms with Crippen LogP contribution in [0, 0.1) is 0 Å². The number of ether oxygens (including phenoxy) is 6. The van der Waals surface area contributed by atoms with Crippen molar-refractivity contribution in [2.75, 3.05) is 19.8 Å². The zero-order valence-electron chi connectivity index (χ0n) is 51.5. The van der Waals surface area contributed by atoms with E-state index in [1.165, 1.54) is 81.3 Å². The van der Waals surface area contributed by atoms with Crippen molar-refractivity contribution >= 4 is 84.1 Å². The van der Waals surface area contributed by atoms with E-state index in [-0.39, 0.29) is 26.2 Å². The normalized spacial score (nSPS) is 13.5. The number of unbranched alkanes of at least 4 members (excludes halogenated alkanes) is 15. The molecule has 3 unspecified atom stereocenters. The molecule has 0 aliphatic carbocycles. The zero-order chi connectivity index (χ0) is 60.1. The third kappa shape index (κ3) is 19.4. The van der Waals surface area contributed by atoms with Gasteiger partial charge in [-0.05, 0) is 195 Å². The van der Waals surface area contributed by atoms with Gasteiger partial charge in [-0.15, -0.1) is 0 Å². The molecule has 0 aliphatic heterocycles. The van der Waals surface area contributed by atoms with Gasteiger partial charge in [-0.3, -0.25) is 14.4 Å². The Balaban J connectivity index is 0.727. The van der Waals surface area contributed by atoms with E-state index in [1.807, 2.05) is 6.92 Å². The highest BCUT2D eigenvalue weighted by Crippen LogP contribution is 2.31. The molecule has 3 atom stereocenters. The lowest BCUT2D eigenvalue weighted by Gasteiger charge is -2.35. The second-order valence-electron chi connectivity index (χ2n) is 24.0. The lowest BCUT2D eigenvalue weighted by atomic mass is 9.96. The summed E-state index contributed by atoms with van der Waals surface area (Å²) in [5.74, 6) is -1.58. The number of carbonyl (C=O) groups is 3. The standard InChI is InChI=1S/C78H92O9/c1-2-78(85-54-72(82-57-79)45-18-12-6-3-9-15-30-60-39-27-42-69-48-63-33-21-24-36-66(63)51-75(60)69,86-55-73(83-58-80)46-19-13-7-4-10-16-31-61-40-28-43-70-49-64-34-22-25-37-67(64)52-76(61)70)87-56-74(84-59-81)47-20-14-8-5-11-17-32-62-41-29-44-71-50-65-35-23-26-38-68(65)53-77(62)71/h21-29,33-44,48-53,57-59,72-74H,2-20,30-32,45-47,54-56H2,1H3. The molecule has 0 radical (unpaired) electrons. The van der Waals surface area contributed by atoms with E-state index in [0.717, 1.165) is 135 Å². The predicted molar refractivity (Wildman–Crippen MR) is 356 cm³/mol. The van der Waals surface area contributed by atoms with Crippen LogP contribution >= 0.6 is 0 Å². The molecule has 458 valence electrons. The number of hydrogen-bond donors (Lipinski definition) is 0. The summed E-state index contributed by atoms with van der Waals surface area (Å²) in [6, 6.07) is 59.6. The minimum Gasteiger partial charge on any atom is -0.462 e. The van der Waals surface area contributed by atoms with E-state index in [4.69, 9.17) is 28.4 Å². The van der Waals surface area contributed by atoms with E-state index < -0.39 is 24.3 Å². The molecule has 9 aromatic carbocycles. The second kappa shape index (κ2) is 35.0. The fourth-order valence-corrected chi connectivity index (χ4v) is 12.8. The van der Waals surface area contributed by atoms with Crippen LogP contribution in [0.3, 0.4) is 0 Å². The third-order valence-corrected chi connectivity index (χ3v) is 17.8. The van der Waals surface area contributed by atoms with Crippen molar-refractivity contribution in [1.82, 2.24) is 0 Å². The molecule has 0 saturated carbocycles. The Morgan fingerprint density at radius 2 is 0.563 bits per heavy atom. The number of hydrogen-bond acceptors (Lipinski definition) is 9. The highest BCUT2D eigenvalue weighted by Gasteiger charge is 2.36. The van der Waals surface area contributed by atoms with Gasteiger partial charge in [0.25, 0.3) is 25.4 Å². The van der Waals surface area contributed by atoms with Crippen LogP contribution in [0.2, 0.25) is 0 Å². The average Bonchev–Trinajstić information content (AvgIpc) is 2.63. The second-order valence-corrected chi connectivity index (χ2v) is 24.0. The van der Waals surface area contributed by atoms with Crippen LogP contribution in [0.1, 0.15) is 165 Å². The van der Waals surface area contributed by atoms with Crippen LogP contribution in [-0.4, -0.2) is 63.5 Å². The van der Waals surface area contributed by atoms with Gasteiger partial charge in [0.2, 0.25) is 0 Å². The van der Waals surface area contributed by atoms with Crippen molar-refractivity contribution in [2.45, 2.75) is 192 Å². The van der Waals surface area contributed by atoms with E-state index in [0.29, 0.717) is 38.7 Å². The smallest absolute Gasteiger partial charge is 0.293 e. The first kappa shape index (κ1) is 64.3. The first-order valence-corrected chi connectivity index (χ1v) is 32.8. The molecular weight excluding hydrogens is 1080 g/mol. The van der Waals surface area contributed by atoms with E-state index in [1.54, 1.807) is 0 Å². The third-order valence-electron chi connectivity index (χ3n) is 17.8. The van der Waals surface area contributed by atoms with Gasteiger partial charge in [-0.2, -0.15) is 0 Å². The minimum absolute atomic E-state index is 0.0418. The molecule has 9 nitrogen and oxygen atoms in total. The summed E-state index contributed by atoms with van der Waals surface area (Å²) >= 11 is 0. The summed E-state index contributed by atoms with van der Waals surface area (Å²) in [6.07, 6.45) is 22.9. The molecular formula is C78H92O9. The Hall–Kier alpha value is -7.17. The van der Waals surface area contributed by atoms with Gasteiger partial charge in [0, 0.05) is 6.42 Å². The van der Waals surface area contributed by atoms with Crippen molar-refractivity contribution in [1.29, 1.82) is 0 Å². The van der Waals surface area contributed by atoms with Crippen LogP contribution in [-0.2, 0) is 62.1 Å². The average molecular weight is 1170 g/mol. The first-order chi connectivity index (χ1) is 42.9. The molecule has 0 heterocycles. The lowest BCUT2D eigenvalue weighted by Crippen LogP contribution is -2.44. The summed E-state index contributed by atoms with van der Waals surface area (Å²) in [4.78, 5) is 35.7. The Kier molecular flexibility index (Phi) is 25.9. The van der Waals surface area contributed by atoms with Crippen LogP contribution in [0.4, 0.5) is 0 Å². The van der Waals surface area contributed by atoms with Crippen molar-refractivity contribution in [3.05, 3.63) is 180 Å². The molecule has 9 aromatic rings. The summed E-state index contributed by atoms with van der Waals surface area (Å²) in [7, 11) is 0. The quantitative estimate of drug-likeness (QED) is 0.0121. The molecule has 0 aliphatic rings. The summed E-state index contributed by atoms with van der Waals surface area (Å²) in [6.45, 7) is 3.50. The molecule has 0 saturated heterocycles. The van der Waals surface area contributed by atoms with Crippen LogP contribution in [0.25, 0.3) is 64.6 Å². The molecule has 0 aromatic heterocycles. The first-order valence-electron chi connectivity index (χ1n) is 32.8. The number of carbonyl (C=O) groups excluding carboxylic acids is 3. The maximum atomic E-state index is 11.9. The van der Waals surface area contributed by atoms with Gasteiger partial charge in [0.05, 0.1) is 19.8 Å². The van der Waals surface area contributed by atoms with Crippen molar-refractivity contribution < 1.29 is 42.8 Å². The highest BCUT2D eigenvalue weighted by molar-refractivity contribution is 6.01. The number of rotatable bonds is 43. The van der Waals surface area contributed by atoms with Crippen molar-refractivity contribution in [3.63, 3.8) is 0 Å². The summed E-state index contributed by atoms with van der Waals surface area (Å²) in [5.41, 5.74) is 4.21. The fraction of sp³-hybridized carbons (Fsp3) is 0.423. The lowest BCUT2D eigenvalue weighted by molar-refractivity contribution is -0.392. The van der Waals surface area contributed by atoms with Crippen LogP contribution < -0.4 is 0 Å². The molecule has 9 rings (SSSR count). The van der Waals surface area contributed by atoms with Crippen molar-refractivity contribution in [3.8, 4) is 0 Å². The molecule has 0 N–H and O–H groups in total. The van der Waals surface area contributed by atoms with Gasteiger partial charge in [-0.1, -0.05) is 211 Å². The van der Waals surface area contributed by atoms with Gasteiger partial charge in [0.15, 0.2) is 0 Å². The SMILES string of the molecule is CCC(OCC(CCCCCCCCc1cccc2cc3ccccc3cc12)OC=O)(OCC(CCCCCCCCc1cccc2cc3ccccc3cc12)OC=O)OCC(CCCCCCCCc1cccc2cc3ccccc3cc12)OC=O. The Morgan fingerprint density at radius 3 is 0.839 bits per heavy atom. The zero-order valence-corrected chi connectivity index (χ0v) is 51.5. The van der Waals surface area contributed by atoms with Gasteiger partial charge >= 0.3 is 0 Å². The van der Waals surface area contributed by atoms with Gasteiger partial charge in [-0.25, -0.2) is 0 Å². The Bertz CT molecular complexity index is 3190. The highest BCUT2D eigenvalue weighted by atomic mass is 16.9. The topological polar surface area (TPSA) is 107 Å². The van der Waals surface area contributed by atoms with E-state index in [2.05, 4.69) is 164 Å².